The molecule has 0 aromatic carbocycles. The van der Waals surface area contributed by atoms with Gasteiger partial charge in [-0.05, 0) is 52.1 Å². The smallest absolute Gasteiger partial charge is 0.306 e. The number of rotatable bonds is 20. The lowest BCUT2D eigenvalue weighted by molar-refractivity contribution is -0.309. The fourth-order valence-corrected chi connectivity index (χ4v) is 4.16. The molecule has 0 radical (unpaired) electrons. The molecule has 1 heterocycles. The maximum atomic E-state index is 12.7. The van der Waals surface area contributed by atoms with E-state index >= 15 is 0 Å². The zero-order valence-electron chi connectivity index (χ0n) is 25.4. The Morgan fingerprint density at radius 2 is 1.27 bits per heavy atom. The Morgan fingerprint density at radius 3 is 1.80 bits per heavy atom. The Bertz CT molecular complexity index is 842. The quantitative estimate of drug-likeness (QED) is 0.0904. The van der Waals surface area contributed by atoms with Crippen molar-refractivity contribution in [3.8, 4) is 12.3 Å². The molecule has 0 aliphatic carbocycles. The molecular formula is C30H49NO10. The predicted molar refractivity (Wildman–Crippen MR) is 150 cm³/mol. The number of esters is 4. The molecule has 0 bridgehead atoms. The van der Waals surface area contributed by atoms with Crippen molar-refractivity contribution >= 4 is 23.9 Å². The fourth-order valence-electron chi connectivity index (χ4n) is 4.16. The second-order valence-electron chi connectivity index (χ2n) is 10.1. The highest BCUT2D eigenvalue weighted by Gasteiger charge is 2.53. The van der Waals surface area contributed by atoms with E-state index in [9.17, 15) is 19.2 Å². The van der Waals surface area contributed by atoms with Gasteiger partial charge in [0.05, 0.1) is 6.54 Å². The molecule has 234 valence electrons. The molecule has 41 heavy (non-hydrogen) atoms. The predicted octanol–water partition coefficient (Wildman–Crippen LogP) is 3.55. The molecule has 0 N–H and O–H groups in total. The van der Waals surface area contributed by atoms with Crippen LogP contribution in [0.5, 0.6) is 0 Å². The first-order valence-electron chi connectivity index (χ1n) is 14.8. The molecule has 1 saturated heterocycles. The number of unbranched alkanes of at least 4 members (excludes halogenated alkanes) is 1. The van der Waals surface area contributed by atoms with E-state index in [4.69, 9.17) is 34.8 Å². The van der Waals surface area contributed by atoms with Gasteiger partial charge >= 0.3 is 23.9 Å². The largest absolute Gasteiger partial charge is 0.463 e. The third kappa shape index (κ3) is 14.2. The standard InChI is InChI=1S/C30H49NO10/c1-7-14-23(32)37-21-22-27(39-24(33)15-8-2)28(40-25(34)16-9-3)29(41-26(35)17-10-4)30(38-22)36-20-13-12-19-31(6)18-11-5/h5,22,27-30H,7-10,12-21H2,1-4,6H3. The molecular weight excluding hydrogens is 534 g/mol. The minimum absolute atomic E-state index is 0.107. The van der Waals surface area contributed by atoms with Gasteiger partial charge in [0.2, 0.25) is 0 Å². The monoisotopic (exact) mass is 583 g/mol. The van der Waals surface area contributed by atoms with Gasteiger partial charge in [-0.3, -0.25) is 24.1 Å². The van der Waals surface area contributed by atoms with Crippen molar-refractivity contribution in [2.45, 2.75) is 123 Å². The van der Waals surface area contributed by atoms with Crippen molar-refractivity contribution in [1.82, 2.24) is 4.90 Å². The first-order valence-corrected chi connectivity index (χ1v) is 14.8. The minimum atomic E-state index is -1.23. The van der Waals surface area contributed by atoms with Crippen LogP contribution < -0.4 is 0 Å². The number of ether oxygens (including phenoxy) is 6. The SMILES string of the molecule is C#CCN(C)CCCCOC1OC(COC(=O)CCC)C(OC(=O)CCC)C(OC(=O)CCC)C1OC(=O)CCC. The van der Waals surface area contributed by atoms with Crippen molar-refractivity contribution in [3.05, 3.63) is 0 Å². The van der Waals surface area contributed by atoms with Gasteiger partial charge in [0.1, 0.15) is 12.7 Å². The van der Waals surface area contributed by atoms with Crippen LogP contribution in [0.2, 0.25) is 0 Å². The van der Waals surface area contributed by atoms with Gasteiger partial charge in [0.15, 0.2) is 24.6 Å². The first kappa shape index (κ1) is 36.3. The van der Waals surface area contributed by atoms with E-state index < -0.39 is 54.6 Å². The summed E-state index contributed by atoms with van der Waals surface area (Å²) < 4.78 is 34.9. The number of carbonyl (C=O) groups excluding carboxylic acids is 4. The van der Waals surface area contributed by atoms with Crippen LogP contribution in [-0.4, -0.2) is 92.8 Å². The van der Waals surface area contributed by atoms with Gasteiger partial charge in [0, 0.05) is 32.3 Å². The van der Waals surface area contributed by atoms with Gasteiger partial charge in [0.25, 0.3) is 0 Å². The van der Waals surface area contributed by atoms with Gasteiger partial charge in [-0.25, -0.2) is 0 Å². The average Bonchev–Trinajstić information content (AvgIpc) is 2.91. The van der Waals surface area contributed by atoms with Crippen LogP contribution in [0.1, 0.15) is 91.9 Å². The van der Waals surface area contributed by atoms with Gasteiger partial charge in [-0.1, -0.05) is 33.6 Å². The molecule has 5 unspecified atom stereocenters. The van der Waals surface area contributed by atoms with Crippen molar-refractivity contribution in [2.24, 2.45) is 0 Å². The average molecular weight is 584 g/mol. The molecule has 1 rings (SSSR count). The van der Waals surface area contributed by atoms with E-state index in [-0.39, 0.29) is 38.9 Å². The molecule has 0 spiro atoms. The highest BCUT2D eigenvalue weighted by molar-refractivity contribution is 5.72. The summed E-state index contributed by atoms with van der Waals surface area (Å²) in [6.45, 7) is 8.60. The molecule has 0 saturated carbocycles. The molecule has 1 aliphatic heterocycles. The molecule has 1 aliphatic rings. The van der Waals surface area contributed by atoms with Crippen LogP contribution >= 0.6 is 0 Å². The molecule has 11 nitrogen and oxygen atoms in total. The van der Waals surface area contributed by atoms with E-state index in [1.54, 1.807) is 0 Å². The number of hydrogen-bond acceptors (Lipinski definition) is 11. The summed E-state index contributed by atoms with van der Waals surface area (Å²) in [6, 6.07) is 0. The molecule has 0 amide bonds. The van der Waals surface area contributed by atoms with E-state index in [0.29, 0.717) is 38.6 Å². The Balaban J connectivity index is 3.30. The van der Waals surface area contributed by atoms with E-state index in [0.717, 1.165) is 13.0 Å². The third-order valence-corrected chi connectivity index (χ3v) is 6.20. The maximum Gasteiger partial charge on any atom is 0.306 e. The van der Waals surface area contributed by atoms with Crippen molar-refractivity contribution in [2.75, 3.05) is 33.4 Å². The third-order valence-electron chi connectivity index (χ3n) is 6.20. The van der Waals surface area contributed by atoms with Crippen LogP contribution in [0, 0.1) is 12.3 Å². The molecule has 0 aromatic rings. The van der Waals surface area contributed by atoms with Crippen LogP contribution in [0.25, 0.3) is 0 Å². The van der Waals surface area contributed by atoms with Gasteiger partial charge < -0.3 is 28.4 Å². The Morgan fingerprint density at radius 1 is 0.756 bits per heavy atom. The maximum absolute atomic E-state index is 12.7. The fraction of sp³-hybridized carbons (Fsp3) is 0.800. The minimum Gasteiger partial charge on any atom is -0.463 e. The Hall–Kier alpha value is -2.68. The normalized spacial score (nSPS) is 22.0. The highest BCUT2D eigenvalue weighted by Crippen LogP contribution is 2.31. The number of hydrogen-bond donors (Lipinski definition) is 0. The van der Waals surface area contributed by atoms with E-state index in [2.05, 4.69) is 5.92 Å². The van der Waals surface area contributed by atoms with Crippen LogP contribution in [-0.2, 0) is 47.6 Å². The van der Waals surface area contributed by atoms with E-state index in [1.807, 2.05) is 39.6 Å². The Labute approximate surface area is 244 Å². The lowest BCUT2D eigenvalue weighted by Crippen LogP contribution is -2.63. The lowest BCUT2D eigenvalue weighted by atomic mass is 9.97. The van der Waals surface area contributed by atoms with Crippen molar-refractivity contribution in [1.29, 1.82) is 0 Å². The number of carbonyl (C=O) groups is 4. The highest BCUT2D eigenvalue weighted by atomic mass is 16.7. The molecule has 11 heteroatoms. The van der Waals surface area contributed by atoms with Gasteiger partial charge in [-0.15, -0.1) is 6.42 Å². The summed E-state index contributed by atoms with van der Waals surface area (Å²) in [6.07, 6.45) is 3.70. The lowest BCUT2D eigenvalue weighted by Gasteiger charge is -2.44. The summed E-state index contributed by atoms with van der Waals surface area (Å²) in [5.41, 5.74) is 0. The molecule has 1 fully saturated rings. The number of terminal acetylenes is 1. The second-order valence-corrected chi connectivity index (χ2v) is 10.1. The summed E-state index contributed by atoms with van der Waals surface area (Å²) in [5.74, 6) is 0.520. The summed E-state index contributed by atoms with van der Waals surface area (Å²) in [5, 5.41) is 0. The molecule has 0 aromatic heterocycles. The molecule has 5 atom stereocenters. The zero-order chi connectivity index (χ0) is 30.6. The Kier molecular flexibility index (Phi) is 18.7. The van der Waals surface area contributed by atoms with Crippen molar-refractivity contribution in [3.63, 3.8) is 0 Å². The summed E-state index contributed by atoms with van der Waals surface area (Å²) in [7, 11) is 1.92. The van der Waals surface area contributed by atoms with E-state index in [1.165, 1.54) is 0 Å². The summed E-state index contributed by atoms with van der Waals surface area (Å²) >= 11 is 0. The summed E-state index contributed by atoms with van der Waals surface area (Å²) in [4.78, 5) is 52.2. The number of nitrogens with zero attached hydrogens (tertiary/aromatic N) is 1. The van der Waals surface area contributed by atoms with Crippen LogP contribution in [0.4, 0.5) is 0 Å². The van der Waals surface area contributed by atoms with Crippen LogP contribution in [0.15, 0.2) is 0 Å². The first-order chi connectivity index (χ1) is 19.7. The zero-order valence-corrected chi connectivity index (χ0v) is 25.4. The second kappa shape index (κ2) is 21.1. The van der Waals surface area contributed by atoms with Crippen molar-refractivity contribution < 1.29 is 47.6 Å². The topological polar surface area (TPSA) is 127 Å². The van der Waals surface area contributed by atoms with Gasteiger partial charge in [-0.2, -0.15) is 0 Å². The van der Waals surface area contributed by atoms with Crippen LogP contribution in [0.3, 0.4) is 0 Å².